The predicted octanol–water partition coefficient (Wildman–Crippen LogP) is 2.12. The van der Waals surface area contributed by atoms with Crippen molar-refractivity contribution in [3.05, 3.63) is 35.9 Å². The van der Waals surface area contributed by atoms with Crippen LogP contribution in [-0.4, -0.2) is 22.8 Å². The van der Waals surface area contributed by atoms with Crippen LogP contribution in [0.15, 0.2) is 30.3 Å². The van der Waals surface area contributed by atoms with Crippen molar-refractivity contribution in [2.75, 3.05) is 6.61 Å². The van der Waals surface area contributed by atoms with E-state index < -0.39 is 18.2 Å². The largest absolute Gasteiger partial charge is 0.481 e. The molecule has 0 aliphatic carbocycles. The Labute approximate surface area is 101 Å². The number of ether oxygens (including phenoxy) is 1. The van der Waals surface area contributed by atoms with E-state index in [9.17, 15) is 9.90 Å². The molecule has 0 aliphatic rings. The second-order valence-corrected chi connectivity index (χ2v) is 3.92. The average molecular weight is 238 g/mol. The lowest BCUT2D eigenvalue weighted by Gasteiger charge is -2.27. The molecule has 0 saturated heterocycles. The lowest BCUT2D eigenvalue weighted by Crippen LogP contribution is -2.32. The average Bonchev–Trinajstić information content (AvgIpc) is 2.29. The molecule has 2 N–H and O–H groups in total. The summed E-state index contributed by atoms with van der Waals surface area (Å²) < 4.78 is 5.34. The van der Waals surface area contributed by atoms with Gasteiger partial charge in [-0.3, -0.25) is 4.79 Å². The number of aliphatic carboxylic acids is 1. The minimum Gasteiger partial charge on any atom is -0.481 e. The maximum absolute atomic E-state index is 10.8. The summed E-state index contributed by atoms with van der Waals surface area (Å²) >= 11 is 0. The first-order chi connectivity index (χ1) is 8.08. The highest BCUT2D eigenvalue weighted by Gasteiger charge is 2.33. The molecule has 1 rings (SSSR count). The maximum atomic E-state index is 10.8. The summed E-state index contributed by atoms with van der Waals surface area (Å²) in [5.41, 5.74) is 0.471. The lowest BCUT2D eigenvalue weighted by atomic mass is 10.0. The number of rotatable bonds is 7. The minimum atomic E-state index is -1.73. The van der Waals surface area contributed by atoms with Gasteiger partial charge in [0.1, 0.15) is 6.42 Å². The van der Waals surface area contributed by atoms with Crippen LogP contribution < -0.4 is 0 Å². The number of unbranched alkanes of at least 4 members (excludes halogenated alkanes) is 1. The Hall–Kier alpha value is -1.39. The number of carboxylic acid groups (broad SMARTS) is 1. The molecule has 0 bridgehead atoms. The van der Waals surface area contributed by atoms with Gasteiger partial charge in [-0.15, -0.1) is 0 Å². The van der Waals surface area contributed by atoms with Gasteiger partial charge in [-0.05, 0) is 6.42 Å². The van der Waals surface area contributed by atoms with Crippen molar-refractivity contribution in [2.45, 2.75) is 32.0 Å². The summed E-state index contributed by atoms with van der Waals surface area (Å²) in [4.78, 5) is 10.8. The molecule has 0 spiro atoms. The normalized spacial score (nSPS) is 14.2. The van der Waals surface area contributed by atoms with E-state index in [1.54, 1.807) is 30.3 Å². The molecule has 0 aliphatic heterocycles. The van der Waals surface area contributed by atoms with Gasteiger partial charge in [0.2, 0.25) is 5.79 Å². The summed E-state index contributed by atoms with van der Waals surface area (Å²) in [5.74, 6) is -2.82. The predicted molar refractivity (Wildman–Crippen MR) is 63.5 cm³/mol. The molecule has 17 heavy (non-hydrogen) atoms. The Bertz CT molecular complexity index is 350. The molecule has 1 unspecified atom stereocenters. The van der Waals surface area contributed by atoms with Gasteiger partial charge < -0.3 is 14.9 Å². The van der Waals surface area contributed by atoms with Crippen LogP contribution in [0.25, 0.3) is 0 Å². The van der Waals surface area contributed by atoms with E-state index in [4.69, 9.17) is 9.84 Å². The molecular weight excluding hydrogens is 220 g/mol. The van der Waals surface area contributed by atoms with Crippen molar-refractivity contribution in [2.24, 2.45) is 0 Å². The van der Waals surface area contributed by atoms with Gasteiger partial charge in [0.15, 0.2) is 0 Å². The Morgan fingerprint density at radius 3 is 2.53 bits per heavy atom. The Morgan fingerprint density at radius 2 is 2.00 bits per heavy atom. The molecule has 0 amide bonds. The fourth-order valence-electron chi connectivity index (χ4n) is 1.53. The molecular formula is C13H18O4. The van der Waals surface area contributed by atoms with E-state index in [0.29, 0.717) is 12.2 Å². The van der Waals surface area contributed by atoms with Crippen LogP contribution in [0.1, 0.15) is 31.7 Å². The zero-order valence-electron chi connectivity index (χ0n) is 9.93. The van der Waals surface area contributed by atoms with Gasteiger partial charge in [-0.25, -0.2) is 0 Å². The van der Waals surface area contributed by atoms with E-state index in [1.165, 1.54) is 0 Å². The van der Waals surface area contributed by atoms with E-state index in [1.807, 2.05) is 6.92 Å². The highest BCUT2D eigenvalue weighted by Crippen LogP contribution is 2.26. The molecule has 94 valence electrons. The molecule has 0 radical (unpaired) electrons. The van der Waals surface area contributed by atoms with Crippen molar-refractivity contribution in [3.8, 4) is 0 Å². The maximum Gasteiger partial charge on any atom is 0.309 e. The third-order valence-corrected chi connectivity index (χ3v) is 2.45. The van der Waals surface area contributed by atoms with Gasteiger partial charge in [-0.2, -0.15) is 0 Å². The fourth-order valence-corrected chi connectivity index (χ4v) is 1.53. The monoisotopic (exact) mass is 238 g/mol. The minimum absolute atomic E-state index is 0.342. The van der Waals surface area contributed by atoms with E-state index in [-0.39, 0.29) is 0 Å². The first kappa shape index (κ1) is 13.7. The van der Waals surface area contributed by atoms with Crippen LogP contribution >= 0.6 is 0 Å². The number of carboxylic acids is 1. The Balaban J connectivity index is 2.81. The fraction of sp³-hybridized carbons (Fsp3) is 0.462. The summed E-state index contributed by atoms with van der Waals surface area (Å²) in [6.45, 7) is 2.34. The van der Waals surface area contributed by atoms with Crippen molar-refractivity contribution >= 4 is 5.97 Å². The van der Waals surface area contributed by atoms with Gasteiger partial charge >= 0.3 is 5.97 Å². The zero-order valence-corrected chi connectivity index (χ0v) is 9.93. The smallest absolute Gasteiger partial charge is 0.309 e. The second-order valence-electron chi connectivity index (χ2n) is 3.92. The van der Waals surface area contributed by atoms with Crippen LogP contribution in [-0.2, 0) is 15.3 Å². The number of hydrogen-bond acceptors (Lipinski definition) is 3. The Morgan fingerprint density at radius 1 is 1.35 bits per heavy atom. The molecule has 0 saturated carbocycles. The number of hydrogen-bond donors (Lipinski definition) is 2. The number of benzene rings is 1. The standard InChI is InChI=1S/C13H18O4/c1-2-3-9-17-13(16,10-12(14)15)11-7-5-4-6-8-11/h4-8,16H,2-3,9-10H2,1H3,(H,14,15). The molecule has 1 aromatic carbocycles. The van der Waals surface area contributed by atoms with Crippen LogP contribution in [0, 0.1) is 0 Å². The third-order valence-electron chi connectivity index (χ3n) is 2.45. The molecule has 1 atom stereocenters. The third kappa shape index (κ3) is 4.17. The van der Waals surface area contributed by atoms with E-state index >= 15 is 0 Å². The summed E-state index contributed by atoms with van der Waals surface area (Å²) in [5, 5.41) is 19.1. The molecule has 1 aromatic rings. The first-order valence-electron chi connectivity index (χ1n) is 5.72. The van der Waals surface area contributed by atoms with Crippen LogP contribution in [0.4, 0.5) is 0 Å². The second kappa shape index (κ2) is 6.37. The van der Waals surface area contributed by atoms with Crippen LogP contribution in [0.2, 0.25) is 0 Å². The SMILES string of the molecule is CCCCOC(O)(CC(=O)O)c1ccccc1. The highest BCUT2D eigenvalue weighted by atomic mass is 16.6. The van der Waals surface area contributed by atoms with Gasteiger partial charge in [-0.1, -0.05) is 43.7 Å². The molecule has 4 nitrogen and oxygen atoms in total. The lowest BCUT2D eigenvalue weighted by molar-refractivity contribution is -0.221. The topological polar surface area (TPSA) is 66.8 Å². The van der Waals surface area contributed by atoms with Gasteiger partial charge in [0, 0.05) is 5.56 Å². The Kier molecular flexibility index (Phi) is 5.12. The quantitative estimate of drug-likeness (QED) is 0.564. The molecule has 0 aromatic heterocycles. The number of carbonyl (C=O) groups is 1. The van der Waals surface area contributed by atoms with Crippen molar-refractivity contribution in [1.82, 2.24) is 0 Å². The highest BCUT2D eigenvalue weighted by molar-refractivity contribution is 5.68. The summed E-state index contributed by atoms with van der Waals surface area (Å²) in [6.07, 6.45) is 1.26. The molecule has 0 fully saturated rings. The van der Waals surface area contributed by atoms with Crippen molar-refractivity contribution < 1.29 is 19.7 Å². The first-order valence-corrected chi connectivity index (χ1v) is 5.72. The molecule has 0 heterocycles. The van der Waals surface area contributed by atoms with Crippen molar-refractivity contribution in [1.29, 1.82) is 0 Å². The van der Waals surface area contributed by atoms with Crippen LogP contribution in [0.3, 0.4) is 0 Å². The van der Waals surface area contributed by atoms with Gasteiger partial charge in [0.25, 0.3) is 0 Å². The summed E-state index contributed by atoms with van der Waals surface area (Å²) in [7, 11) is 0. The van der Waals surface area contributed by atoms with Gasteiger partial charge in [0.05, 0.1) is 6.61 Å². The summed E-state index contributed by atoms with van der Waals surface area (Å²) in [6, 6.07) is 8.61. The van der Waals surface area contributed by atoms with E-state index in [2.05, 4.69) is 0 Å². The number of aliphatic hydroxyl groups is 1. The molecule has 4 heteroatoms. The van der Waals surface area contributed by atoms with Crippen LogP contribution in [0.5, 0.6) is 0 Å². The van der Waals surface area contributed by atoms with Crippen molar-refractivity contribution in [3.63, 3.8) is 0 Å². The zero-order chi connectivity index (χ0) is 12.7. The van der Waals surface area contributed by atoms with E-state index in [0.717, 1.165) is 12.8 Å².